The van der Waals surface area contributed by atoms with Gasteiger partial charge in [-0.25, -0.2) is 0 Å². The Morgan fingerprint density at radius 3 is 1.00 bits per heavy atom. The van der Waals surface area contributed by atoms with E-state index in [1.807, 2.05) is 0 Å². The summed E-state index contributed by atoms with van der Waals surface area (Å²) in [5.41, 5.74) is 0. The summed E-state index contributed by atoms with van der Waals surface area (Å²) in [6, 6.07) is 0. The van der Waals surface area contributed by atoms with E-state index in [1.165, 1.54) is 0 Å². The minimum Gasteiger partial charge on any atom is -1.00 e. The summed E-state index contributed by atoms with van der Waals surface area (Å²) in [7, 11) is -4.61. The second-order valence-electron chi connectivity index (χ2n) is 0.600. The van der Waals surface area contributed by atoms with Crippen molar-refractivity contribution >= 4 is 32.1 Å². The molecule has 0 heterocycles. The normalized spacial score (nSPS) is 8.57. The van der Waals surface area contributed by atoms with Gasteiger partial charge in [0.2, 0.25) is 0 Å². The molecule has 0 aliphatic heterocycles. The number of hydrogen-bond acceptors (Lipinski definition) is 4. The van der Waals surface area contributed by atoms with Crippen molar-refractivity contribution in [3.63, 3.8) is 0 Å². The van der Waals surface area contributed by atoms with Gasteiger partial charge in [-0.3, -0.25) is 0 Å². The summed E-state index contributed by atoms with van der Waals surface area (Å²) < 4.78 is 0. The van der Waals surface area contributed by atoms with Crippen LogP contribution in [0.5, 0.6) is 0 Å². The van der Waals surface area contributed by atoms with E-state index in [1.54, 1.807) is 0 Å². The van der Waals surface area contributed by atoms with Crippen LogP contribution in [0.3, 0.4) is 0 Å². The maximum absolute atomic E-state index is 7.33. The first-order valence-corrected chi connectivity index (χ1v) is 2.68. The Morgan fingerprint density at radius 1 is 1.00 bits per heavy atom. The van der Waals surface area contributed by atoms with Gasteiger partial charge in [0.25, 0.3) is 0 Å². The molecule has 7 heteroatoms. The molecule has 0 aliphatic carbocycles. The second-order valence-corrected chi connectivity index (χ2v) is 1.80. The summed E-state index contributed by atoms with van der Waals surface area (Å²) in [4.78, 5) is 29.3. The molecule has 0 saturated heterocycles. The Hall–Kier alpha value is 1.32. The fourth-order valence-corrected chi connectivity index (χ4v) is 0. The molecule has 0 amide bonds. The molecule has 4 nitrogen and oxygen atoms in total. The van der Waals surface area contributed by atoms with Crippen LogP contribution >= 0.6 is 0 Å². The maximum atomic E-state index is 7.33. The van der Waals surface area contributed by atoms with Crippen LogP contribution in [-0.4, -0.2) is 51.3 Å². The molecule has 0 unspecified atom stereocenters. The third-order valence-corrected chi connectivity index (χ3v) is 0. The largest absolute Gasteiger partial charge is 2.00 e. The molecule has 0 rings (SSSR count). The summed E-state index contributed by atoms with van der Waals surface area (Å²) in [6.07, 6.45) is 0. The van der Waals surface area contributed by atoms with E-state index in [0.717, 1.165) is 0 Å². The van der Waals surface area contributed by atoms with Crippen LogP contribution in [0.15, 0.2) is 0 Å². The molecule has 0 aliphatic rings. The molecule has 7 heavy (non-hydrogen) atoms. The number of rotatable bonds is 0. The van der Waals surface area contributed by atoms with Gasteiger partial charge in [-0.15, -0.1) is 0 Å². The van der Waals surface area contributed by atoms with E-state index < -0.39 is 9.05 Å². The van der Waals surface area contributed by atoms with Gasteiger partial charge in [0.1, 0.15) is 0 Å². The van der Waals surface area contributed by atoms with Crippen LogP contribution in [0.4, 0.5) is 0 Å². The van der Waals surface area contributed by atoms with E-state index in [-0.39, 0.29) is 42.4 Å². The molecule has 46 valence electrons. The second kappa shape index (κ2) is 5.45. The molecule has 0 spiro atoms. The monoisotopic (exact) mass is 180 g/mol. The van der Waals surface area contributed by atoms with Crippen molar-refractivity contribution in [1.82, 2.24) is 0 Å². The van der Waals surface area contributed by atoms with Crippen molar-refractivity contribution in [1.29, 1.82) is 0 Å². The summed E-state index contributed by atoms with van der Waals surface area (Å²) in [5, 5.41) is 0. The molecule has 4 N–H and O–H groups in total. The van der Waals surface area contributed by atoms with E-state index >= 15 is 0 Å². The third-order valence-electron chi connectivity index (χ3n) is 0. The van der Waals surface area contributed by atoms with E-state index in [0.29, 0.717) is 0 Å². The zero-order chi connectivity index (χ0) is 4.50. The first-order valence-electron chi connectivity index (χ1n) is 0.894. The SMILES string of the molecule is O[Si](O)(O)O.[H-].[H-].[Mg+2].[Ni]. The topological polar surface area (TPSA) is 80.9 Å². The molecule has 0 aromatic rings. The molecule has 0 aromatic carbocycles. The molecule has 0 radical (unpaired) electrons. The summed E-state index contributed by atoms with van der Waals surface area (Å²) in [6.45, 7) is 0. The van der Waals surface area contributed by atoms with Crippen LogP contribution in [0.1, 0.15) is 2.85 Å². The fraction of sp³-hybridized carbons (Fsp3) is 0. The molecule has 0 bridgehead atoms. The van der Waals surface area contributed by atoms with Crippen molar-refractivity contribution < 1.29 is 38.5 Å². The quantitative estimate of drug-likeness (QED) is 0.305. The predicted molar refractivity (Wildman–Crippen MR) is 22.6 cm³/mol. The Kier molecular flexibility index (Phi) is 12.3. The molecular formula is H6MgNiO4Si. The Bertz CT molecular complexity index is 34.0. The van der Waals surface area contributed by atoms with E-state index in [2.05, 4.69) is 0 Å². The zero-order valence-electron chi connectivity index (χ0n) is 5.31. The van der Waals surface area contributed by atoms with Crippen molar-refractivity contribution in [3.05, 3.63) is 0 Å². The van der Waals surface area contributed by atoms with Gasteiger partial charge in [-0.2, -0.15) is 0 Å². The molecule has 0 saturated carbocycles. The Labute approximate surface area is 70.7 Å². The van der Waals surface area contributed by atoms with Crippen LogP contribution < -0.4 is 0 Å². The fourth-order valence-electron chi connectivity index (χ4n) is 0. The third kappa shape index (κ3) is 119. The van der Waals surface area contributed by atoms with Crippen molar-refractivity contribution in [2.45, 2.75) is 0 Å². The smallest absolute Gasteiger partial charge is 1.00 e. The van der Waals surface area contributed by atoms with Crippen molar-refractivity contribution in [2.75, 3.05) is 0 Å². The molecule has 0 atom stereocenters. The summed E-state index contributed by atoms with van der Waals surface area (Å²) >= 11 is 0. The molecule has 0 fully saturated rings. The van der Waals surface area contributed by atoms with E-state index in [9.17, 15) is 0 Å². The molecular weight excluding hydrogens is 175 g/mol. The standard InChI is InChI=1S/Mg.Ni.H4O4Si.2H/c;;1-5(2,3)4;;/h;;1-4H;;/q+2;;;2*-1. The van der Waals surface area contributed by atoms with Crippen LogP contribution in [0.25, 0.3) is 0 Å². The summed E-state index contributed by atoms with van der Waals surface area (Å²) in [5.74, 6) is 0. The van der Waals surface area contributed by atoms with Gasteiger partial charge in [0, 0.05) is 16.5 Å². The first-order chi connectivity index (χ1) is 2.00. The minimum absolute atomic E-state index is 0. The van der Waals surface area contributed by atoms with Crippen LogP contribution in [0, 0.1) is 0 Å². The number of hydrogen-bond donors (Lipinski definition) is 4. The Balaban J connectivity index is -0.0000000133. The zero-order valence-corrected chi connectivity index (χ0v) is 6.71. The average molecular weight is 181 g/mol. The predicted octanol–water partition coefficient (Wildman–Crippen LogP) is -2.77. The van der Waals surface area contributed by atoms with Gasteiger partial charge < -0.3 is 22.0 Å². The maximum Gasteiger partial charge on any atom is 2.00 e. The van der Waals surface area contributed by atoms with Crippen LogP contribution in [0.2, 0.25) is 0 Å². The van der Waals surface area contributed by atoms with Gasteiger partial charge in [0.05, 0.1) is 0 Å². The minimum atomic E-state index is -4.61. The molecule has 0 aromatic heterocycles. The van der Waals surface area contributed by atoms with Gasteiger partial charge in [-0.1, -0.05) is 0 Å². The first kappa shape index (κ1) is 15.8. The Morgan fingerprint density at radius 2 is 1.00 bits per heavy atom. The van der Waals surface area contributed by atoms with Gasteiger partial charge >= 0.3 is 32.1 Å². The van der Waals surface area contributed by atoms with E-state index in [4.69, 9.17) is 19.2 Å². The van der Waals surface area contributed by atoms with Gasteiger partial charge in [-0.05, 0) is 0 Å². The van der Waals surface area contributed by atoms with Crippen LogP contribution in [-0.2, 0) is 16.5 Å². The van der Waals surface area contributed by atoms with Gasteiger partial charge in [0.15, 0.2) is 0 Å². The van der Waals surface area contributed by atoms with Crippen molar-refractivity contribution in [3.8, 4) is 0 Å². The van der Waals surface area contributed by atoms with Crippen molar-refractivity contribution in [2.24, 2.45) is 0 Å². The average Bonchev–Trinajstić information content (AvgIpc) is 0.722.